The van der Waals surface area contributed by atoms with Crippen molar-refractivity contribution in [3.05, 3.63) is 0 Å². The summed E-state index contributed by atoms with van der Waals surface area (Å²) in [6.07, 6.45) is 2.66. The number of hydrogen-bond acceptors (Lipinski definition) is 4. The number of hydrogen-bond donors (Lipinski definition) is 0. The molecule has 0 saturated carbocycles. The van der Waals surface area contributed by atoms with Crippen molar-refractivity contribution >= 4 is 33.5 Å². The van der Waals surface area contributed by atoms with Crippen molar-refractivity contribution in [2.24, 2.45) is 0 Å². The van der Waals surface area contributed by atoms with Crippen molar-refractivity contribution in [1.82, 2.24) is 0 Å². The summed E-state index contributed by atoms with van der Waals surface area (Å²) in [5.74, 6) is 0. The number of rotatable bonds is 11. The average molecular weight is 330 g/mol. The van der Waals surface area contributed by atoms with Gasteiger partial charge >= 0.3 is 0 Å². The van der Waals surface area contributed by atoms with Crippen molar-refractivity contribution in [3.63, 3.8) is 0 Å². The highest BCUT2D eigenvalue weighted by atomic mass is 33.5. The first kappa shape index (κ1) is 19.2. The average Bonchev–Trinajstić information content (AvgIpc) is 2.28. The Labute approximate surface area is 120 Å². The van der Waals surface area contributed by atoms with Crippen molar-refractivity contribution in [2.75, 3.05) is 24.6 Å². The molecule has 0 amide bonds. The molecule has 0 radical (unpaired) electrons. The summed E-state index contributed by atoms with van der Waals surface area (Å²) >= 11 is 0. The van der Waals surface area contributed by atoms with Gasteiger partial charge in [-0.25, -0.2) is 0 Å². The summed E-state index contributed by atoms with van der Waals surface area (Å²) in [7, 11) is 2.94. The van der Waals surface area contributed by atoms with Crippen LogP contribution in [0.2, 0.25) is 0 Å². The minimum atomic E-state index is -2.16. The molecule has 0 aliphatic heterocycles. The van der Waals surface area contributed by atoms with E-state index in [-0.39, 0.29) is 0 Å². The van der Waals surface area contributed by atoms with Gasteiger partial charge in [-0.05, 0) is 46.5 Å². The van der Waals surface area contributed by atoms with Gasteiger partial charge in [0, 0.05) is 24.6 Å². The molecule has 0 aliphatic carbocycles. The molecule has 0 unspecified atom stereocenters. The molecule has 0 aromatic heterocycles. The van der Waals surface area contributed by atoms with Crippen molar-refractivity contribution in [2.45, 2.75) is 53.4 Å². The van der Waals surface area contributed by atoms with E-state index < -0.39 is 12.7 Å². The van der Waals surface area contributed by atoms with Crippen molar-refractivity contribution in [1.29, 1.82) is 0 Å². The van der Waals surface area contributed by atoms with Gasteiger partial charge < -0.3 is 9.13 Å². The van der Waals surface area contributed by atoms with Crippen LogP contribution in [0.25, 0.3) is 0 Å². The standard InChI is InChI=1S/C12H28O2P2S2/c1-5-9-15(13,10-6-2)17-18-16(14,11-7-3)12-8-4/h5-12H2,1-4H3. The molecule has 0 bridgehead atoms. The second-order valence-corrected chi connectivity index (χ2v) is 17.6. The first-order chi connectivity index (χ1) is 8.45. The molecule has 0 atom stereocenters. The molecule has 0 aromatic rings. The Kier molecular flexibility index (Phi) is 10.6. The van der Waals surface area contributed by atoms with Crippen molar-refractivity contribution in [3.8, 4) is 0 Å². The van der Waals surface area contributed by atoms with Crippen LogP contribution >= 0.6 is 33.5 Å². The van der Waals surface area contributed by atoms with E-state index >= 15 is 0 Å². The van der Waals surface area contributed by atoms with E-state index in [2.05, 4.69) is 27.7 Å². The van der Waals surface area contributed by atoms with Gasteiger partial charge in [0.2, 0.25) is 0 Å². The molecule has 0 rings (SSSR count). The van der Waals surface area contributed by atoms with Crippen LogP contribution in [0.5, 0.6) is 0 Å². The van der Waals surface area contributed by atoms with Crippen LogP contribution in [0.15, 0.2) is 0 Å². The lowest BCUT2D eigenvalue weighted by molar-refractivity contribution is 0.582. The molecular weight excluding hydrogens is 302 g/mol. The van der Waals surface area contributed by atoms with Crippen LogP contribution < -0.4 is 0 Å². The topological polar surface area (TPSA) is 34.1 Å². The van der Waals surface area contributed by atoms with Gasteiger partial charge in [-0.15, -0.1) is 0 Å². The van der Waals surface area contributed by atoms with Crippen molar-refractivity contribution < 1.29 is 9.13 Å². The zero-order chi connectivity index (χ0) is 14.1. The fourth-order valence-electron chi connectivity index (χ4n) is 1.86. The molecule has 0 heterocycles. The van der Waals surface area contributed by atoms with Crippen LogP contribution in [-0.4, -0.2) is 24.6 Å². The van der Waals surface area contributed by atoms with Crippen LogP contribution in [-0.2, 0) is 9.13 Å². The van der Waals surface area contributed by atoms with Gasteiger partial charge in [0.1, 0.15) is 12.7 Å². The predicted octanol–water partition coefficient (Wildman–Crippen LogP) is 6.56. The van der Waals surface area contributed by atoms with Gasteiger partial charge in [-0.1, -0.05) is 27.7 Å². The van der Waals surface area contributed by atoms with E-state index in [1.807, 2.05) is 0 Å². The molecular formula is C12H28O2P2S2. The quantitative estimate of drug-likeness (QED) is 0.317. The van der Waals surface area contributed by atoms with Gasteiger partial charge in [-0.2, -0.15) is 0 Å². The molecule has 6 heteroatoms. The molecule has 0 N–H and O–H groups in total. The third kappa shape index (κ3) is 7.68. The lowest BCUT2D eigenvalue weighted by Crippen LogP contribution is -1.91. The van der Waals surface area contributed by atoms with Crippen LogP contribution in [0, 0.1) is 0 Å². The maximum absolute atomic E-state index is 12.7. The van der Waals surface area contributed by atoms with Crippen LogP contribution in [0.1, 0.15) is 53.4 Å². The van der Waals surface area contributed by atoms with Gasteiger partial charge in [-0.3, -0.25) is 0 Å². The maximum atomic E-state index is 12.7. The van der Waals surface area contributed by atoms with E-state index in [4.69, 9.17) is 0 Å². The first-order valence-electron chi connectivity index (χ1n) is 6.99. The summed E-state index contributed by atoms with van der Waals surface area (Å²) in [5.41, 5.74) is 0. The monoisotopic (exact) mass is 330 g/mol. The zero-order valence-corrected chi connectivity index (χ0v) is 15.6. The minimum Gasteiger partial charge on any atom is -0.311 e. The third-order valence-electron chi connectivity index (χ3n) is 2.56. The van der Waals surface area contributed by atoms with E-state index in [9.17, 15) is 9.13 Å². The molecule has 0 aromatic carbocycles. The summed E-state index contributed by atoms with van der Waals surface area (Å²) < 4.78 is 25.4. The lowest BCUT2D eigenvalue weighted by Gasteiger charge is -2.20. The molecule has 0 aliphatic rings. The highest BCUT2D eigenvalue weighted by molar-refractivity contribution is 9.14. The Morgan fingerprint density at radius 3 is 1.00 bits per heavy atom. The highest BCUT2D eigenvalue weighted by Gasteiger charge is 2.28. The maximum Gasteiger partial charge on any atom is 0.149 e. The molecule has 2 nitrogen and oxygen atoms in total. The Hall–Kier alpha value is 1.16. The lowest BCUT2D eigenvalue weighted by atomic mass is 10.6. The third-order valence-corrected chi connectivity index (χ3v) is 19.0. The summed E-state index contributed by atoms with van der Waals surface area (Å²) in [4.78, 5) is 0. The van der Waals surface area contributed by atoms with E-state index in [0.29, 0.717) is 0 Å². The molecule has 110 valence electrons. The Balaban J connectivity index is 4.55. The van der Waals surface area contributed by atoms with E-state index in [0.717, 1.165) is 50.3 Å². The summed E-state index contributed by atoms with van der Waals surface area (Å²) in [6, 6.07) is 0. The van der Waals surface area contributed by atoms with Gasteiger partial charge in [0.15, 0.2) is 0 Å². The smallest absolute Gasteiger partial charge is 0.149 e. The SMILES string of the molecule is CCCP(=O)(CCC)SSP(=O)(CCC)CCC. The first-order valence-corrected chi connectivity index (χ1v) is 14.5. The molecule has 18 heavy (non-hydrogen) atoms. The largest absolute Gasteiger partial charge is 0.311 e. The molecule has 0 fully saturated rings. The van der Waals surface area contributed by atoms with Gasteiger partial charge in [0.25, 0.3) is 0 Å². The fourth-order valence-corrected chi connectivity index (χ4v) is 20.8. The Morgan fingerprint density at radius 1 is 0.611 bits per heavy atom. The van der Waals surface area contributed by atoms with Gasteiger partial charge in [0.05, 0.1) is 0 Å². The summed E-state index contributed by atoms with van der Waals surface area (Å²) in [5, 5.41) is 0. The van der Waals surface area contributed by atoms with Crippen LogP contribution in [0.3, 0.4) is 0 Å². The van der Waals surface area contributed by atoms with E-state index in [1.165, 1.54) is 20.8 Å². The Morgan fingerprint density at radius 2 is 0.833 bits per heavy atom. The predicted molar refractivity (Wildman–Crippen MR) is 91.0 cm³/mol. The normalized spacial score (nSPS) is 12.9. The summed E-state index contributed by atoms with van der Waals surface area (Å²) in [6.45, 7) is 8.30. The molecule has 0 spiro atoms. The minimum absolute atomic E-state index is 0.788. The second kappa shape index (κ2) is 9.97. The van der Waals surface area contributed by atoms with E-state index in [1.54, 1.807) is 0 Å². The highest BCUT2D eigenvalue weighted by Crippen LogP contribution is 2.75. The molecule has 0 saturated heterocycles. The zero-order valence-electron chi connectivity index (χ0n) is 12.2. The second-order valence-electron chi connectivity index (χ2n) is 4.67. The van der Waals surface area contributed by atoms with Crippen LogP contribution in [0.4, 0.5) is 0 Å². The fraction of sp³-hybridized carbons (Fsp3) is 1.00. The Bertz CT molecular complexity index is 258.